The summed E-state index contributed by atoms with van der Waals surface area (Å²) in [5.74, 6) is 1.08. The van der Waals surface area contributed by atoms with Crippen LogP contribution in [0.4, 0.5) is 8.78 Å². The van der Waals surface area contributed by atoms with E-state index in [-0.39, 0.29) is 17.7 Å². The SMILES string of the molecule is COc1ccc(CN2CCN(C(c3ccc(F)cc3)c3ccc(F)cc3)CC2)c(OC)c1. The van der Waals surface area contributed by atoms with Crippen LogP contribution in [0.15, 0.2) is 66.7 Å². The summed E-state index contributed by atoms with van der Waals surface area (Å²) in [5.41, 5.74) is 3.13. The molecule has 0 aromatic heterocycles. The fourth-order valence-corrected chi connectivity index (χ4v) is 4.31. The van der Waals surface area contributed by atoms with Crippen LogP contribution >= 0.6 is 0 Å². The van der Waals surface area contributed by atoms with Gasteiger partial charge in [-0.3, -0.25) is 9.80 Å². The van der Waals surface area contributed by atoms with Crippen molar-refractivity contribution < 1.29 is 18.3 Å². The lowest BCUT2D eigenvalue weighted by atomic mass is 9.96. The molecule has 4 nitrogen and oxygen atoms in total. The van der Waals surface area contributed by atoms with Crippen LogP contribution in [0.3, 0.4) is 0 Å². The van der Waals surface area contributed by atoms with Gasteiger partial charge in [-0.05, 0) is 41.5 Å². The van der Waals surface area contributed by atoms with Gasteiger partial charge in [0.1, 0.15) is 23.1 Å². The fourth-order valence-electron chi connectivity index (χ4n) is 4.31. The Kier molecular flexibility index (Phi) is 7.02. The molecule has 0 atom stereocenters. The lowest BCUT2D eigenvalue weighted by Gasteiger charge is -2.40. The van der Waals surface area contributed by atoms with Gasteiger partial charge < -0.3 is 9.47 Å². The third-order valence-electron chi connectivity index (χ3n) is 6.03. The van der Waals surface area contributed by atoms with Gasteiger partial charge in [0.2, 0.25) is 0 Å². The van der Waals surface area contributed by atoms with Crippen molar-refractivity contribution in [2.75, 3.05) is 40.4 Å². The van der Waals surface area contributed by atoms with Gasteiger partial charge in [0.15, 0.2) is 0 Å². The van der Waals surface area contributed by atoms with E-state index in [0.717, 1.165) is 60.9 Å². The maximum atomic E-state index is 13.5. The zero-order valence-corrected chi connectivity index (χ0v) is 18.4. The summed E-state index contributed by atoms with van der Waals surface area (Å²) in [6, 6.07) is 19.1. The van der Waals surface area contributed by atoms with Crippen molar-refractivity contribution in [3.05, 3.63) is 95.1 Å². The van der Waals surface area contributed by atoms with E-state index in [9.17, 15) is 8.78 Å². The average molecular weight is 439 g/mol. The number of hydrogen-bond donors (Lipinski definition) is 0. The largest absolute Gasteiger partial charge is 0.497 e. The van der Waals surface area contributed by atoms with Crippen molar-refractivity contribution in [2.45, 2.75) is 12.6 Å². The van der Waals surface area contributed by atoms with Gasteiger partial charge in [-0.15, -0.1) is 0 Å². The van der Waals surface area contributed by atoms with E-state index in [1.54, 1.807) is 14.2 Å². The Hall–Kier alpha value is -2.96. The van der Waals surface area contributed by atoms with Crippen molar-refractivity contribution in [1.29, 1.82) is 0 Å². The second kappa shape index (κ2) is 10.1. The van der Waals surface area contributed by atoms with E-state index in [2.05, 4.69) is 9.80 Å². The predicted molar refractivity (Wildman–Crippen MR) is 121 cm³/mol. The molecule has 1 heterocycles. The van der Waals surface area contributed by atoms with E-state index in [1.807, 2.05) is 42.5 Å². The number of benzene rings is 3. The van der Waals surface area contributed by atoms with Crippen molar-refractivity contribution >= 4 is 0 Å². The minimum Gasteiger partial charge on any atom is -0.497 e. The number of nitrogens with zero attached hydrogens (tertiary/aromatic N) is 2. The van der Waals surface area contributed by atoms with Gasteiger partial charge in [0, 0.05) is 44.4 Å². The molecule has 0 amide bonds. The first-order valence-electron chi connectivity index (χ1n) is 10.8. The molecule has 0 aliphatic carbocycles. The molecule has 4 rings (SSSR count). The van der Waals surface area contributed by atoms with Crippen LogP contribution in [-0.4, -0.2) is 50.2 Å². The second-order valence-electron chi connectivity index (χ2n) is 8.00. The Balaban J connectivity index is 1.49. The number of ether oxygens (including phenoxy) is 2. The van der Waals surface area contributed by atoms with Crippen molar-refractivity contribution in [2.24, 2.45) is 0 Å². The smallest absolute Gasteiger partial charge is 0.127 e. The van der Waals surface area contributed by atoms with Gasteiger partial charge in [0.05, 0.1) is 20.3 Å². The van der Waals surface area contributed by atoms with Crippen molar-refractivity contribution in [3.8, 4) is 11.5 Å². The maximum Gasteiger partial charge on any atom is 0.127 e. The topological polar surface area (TPSA) is 24.9 Å². The normalized spacial score (nSPS) is 15.2. The molecular formula is C26H28F2N2O2. The molecule has 1 fully saturated rings. The molecule has 1 saturated heterocycles. The number of halogens is 2. The van der Waals surface area contributed by atoms with Crippen LogP contribution in [0.5, 0.6) is 11.5 Å². The second-order valence-corrected chi connectivity index (χ2v) is 8.00. The molecule has 1 aliphatic heterocycles. The van der Waals surface area contributed by atoms with E-state index in [4.69, 9.17) is 9.47 Å². The van der Waals surface area contributed by atoms with Gasteiger partial charge >= 0.3 is 0 Å². The molecule has 3 aromatic rings. The predicted octanol–water partition coefficient (Wildman–Crippen LogP) is 4.89. The molecular weight excluding hydrogens is 410 g/mol. The van der Waals surface area contributed by atoms with E-state index in [1.165, 1.54) is 24.3 Å². The van der Waals surface area contributed by atoms with Crippen molar-refractivity contribution in [3.63, 3.8) is 0 Å². The number of hydrogen-bond acceptors (Lipinski definition) is 4. The highest BCUT2D eigenvalue weighted by atomic mass is 19.1. The molecule has 1 aliphatic rings. The summed E-state index contributed by atoms with van der Waals surface area (Å²) in [4.78, 5) is 4.77. The van der Waals surface area contributed by atoms with Crippen LogP contribution in [0.2, 0.25) is 0 Å². The molecule has 0 radical (unpaired) electrons. The summed E-state index contributed by atoms with van der Waals surface area (Å²) in [6.45, 7) is 4.25. The summed E-state index contributed by atoms with van der Waals surface area (Å²) >= 11 is 0. The first kappa shape index (κ1) is 22.2. The number of piperazine rings is 1. The Morgan fingerprint density at radius 3 is 1.81 bits per heavy atom. The first-order chi connectivity index (χ1) is 15.6. The maximum absolute atomic E-state index is 13.5. The summed E-state index contributed by atoms with van der Waals surface area (Å²) in [6.07, 6.45) is 0. The lowest BCUT2D eigenvalue weighted by molar-refractivity contribution is 0.104. The highest BCUT2D eigenvalue weighted by Gasteiger charge is 2.27. The van der Waals surface area contributed by atoms with Crippen molar-refractivity contribution in [1.82, 2.24) is 9.80 Å². The monoisotopic (exact) mass is 438 g/mol. The minimum absolute atomic E-state index is 0.0473. The molecule has 32 heavy (non-hydrogen) atoms. The molecule has 0 saturated carbocycles. The molecule has 0 N–H and O–H groups in total. The minimum atomic E-state index is -0.259. The Bertz CT molecular complexity index is 972. The molecule has 0 spiro atoms. The lowest BCUT2D eigenvalue weighted by Crippen LogP contribution is -2.47. The molecule has 6 heteroatoms. The zero-order chi connectivity index (χ0) is 22.5. The highest BCUT2D eigenvalue weighted by molar-refractivity contribution is 5.40. The van der Waals surface area contributed by atoms with Crippen LogP contribution in [0, 0.1) is 11.6 Å². The fraction of sp³-hybridized carbons (Fsp3) is 0.308. The summed E-state index contributed by atoms with van der Waals surface area (Å²) < 4.78 is 37.9. The van der Waals surface area contributed by atoms with E-state index < -0.39 is 0 Å². The van der Waals surface area contributed by atoms with Crippen LogP contribution in [0.25, 0.3) is 0 Å². The number of rotatable bonds is 7. The summed E-state index contributed by atoms with van der Waals surface area (Å²) in [5, 5.41) is 0. The molecule has 0 unspecified atom stereocenters. The van der Waals surface area contributed by atoms with Gasteiger partial charge in [-0.1, -0.05) is 30.3 Å². The third kappa shape index (κ3) is 5.09. The Morgan fingerprint density at radius 1 is 0.750 bits per heavy atom. The van der Waals surface area contributed by atoms with Crippen LogP contribution in [-0.2, 0) is 6.54 Å². The molecule has 168 valence electrons. The van der Waals surface area contributed by atoms with Gasteiger partial charge in [0.25, 0.3) is 0 Å². The average Bonchev–Trinajstić information content (AvgIpc) is 2.83. The quantitative estimate of drug-likeness (QED) is 0.525. The van der Waals surface area contributed by atoms with Crippen LogP contribution in [0.1, 0.15) is 22.7 Å². The van der Waals surface area contributed by atoms with Gasteiger partial charge in [-0.25, -0.2) is 8.78 Å². The summed E-state index contributed by atoms with van der Waals surface area (Å²) in [7, 11) is 3.32. The van der Waals surface area contributed by atoms with E-state index in [0.29, 0.717) is 0 Å². The van der Waals surface area contributed by atoms with Crippen LogP contribution < -0.4 is 9.47 Å². The Labute approximate surface area is 188 Å². The standard InChI is InChI=1S/C26H28F2N2O2/c1-31-24-12-7-21(25(17-24)32-2)18-29-13-15-30(16-14-29)26(19-3-8-22(27)9-4-19)20-5-10-23(28)11-6-20/h3-12,17,26H,13-16,18H2,1-2H3. The van der Waals surface area contributed by atoms with Gasteiger partial charge in [-0.2, -0.15) is 0 Å². The highest BCUT2D eigenvalue weighted by Crippen LogP contribution is 2.31. The third-order valence-corrected chi connectivity index (χ3v) is 6.03. The Morgan fingerprint density at radius 2 is 1.31 bits per heavy atom. The zero-order valence-electron chi connectivity index (χ0n) is 18.4. The first-order valence-corrected chi connectivity index (χ1v) is 10.8. The number of methoxy groups -OCH3 is 2. The molecule has 3 aromatic carbocycles. The van der Waals surface area contributed by atoms with E-state index >= 15 is 0 Å². The molecule has 0 bridgehead atoms.